The second-order valence-electron chi connectivity index (χ2n) is 3.90. The van der Waals surface area contributed by atoms with Crippen LogP contribution < -0.4 is 0 Å². The van der Waals surface area contributed by atoms with Crippen LogP contribution in [0.3, 0.4) is 0 Å². The quantitative estimate of drug-likeness (QED) is 0.464. The third-order valence-corrected chi connectivity index (χ3v) is 2.35. The largest absolute Gasteiger partial charge is 0.465 e. The molecule has 0 aromatic heterocycles. The van der Waals surface area contributed by atoms with E-state index in [2.05, 4.69) is 18.4 Å². The van der Waals surface area contributed by atoms with Gasteiger partial charge in [-0.05, 0) is 19.1 Å². The van der Waals surface area contributed by atoms with Gasteiger partial charge in [-0.15, -0.1) is 6.58 Å². The van der Waals surface area contributed by atoms with Crippen LogP contribution in [-0.4, -0.2) is 36.5 Å². The smallest absolute Gasteiger partial charge is 0.325 e. The maximum Gasteiger partial charge on any atom is 0.325 e. The van der Waals surface area contributed by atoms with Gasteiger partial charge in [-0.1, -0.05) is 30.2 Å². The molecular formula is C16H17NO3. The lowest BCUT2D eigenvalue weighted by Gasteiger charge is -2.16. The molecule has 0 heterocycles. The first kappa shape index (κ1) is 15.5. The summed E-state index contributed by atoms with van der Waals surface area (Å²) in [5.41, 5.74) is 0.746. The molecule has 0 radical (unpaired) electrons. The number of carbonyl (C=O) groups excluding carboxylic acids is 2. The molecular weight excluding hydrogens is 254 g/mol. The highest BCUT2D eigenvalue weighted by atomic mass is 16.5. The van der Waals surface area contributed by atoms with Gasteiger partial charge in [-0.3, -0.25) is 9.59 Å². The van der Waals surface area contributed by atoms with Crippen molar-refractivity contribution in [2.24, 2.45) is 0 Å². The van der Waals surface area contributed by atoms with Gasteiger partial charge < -0.3 is 9.64 Å². The van der Waals surface area contributed by atoms with Gasteiger partial charge in [0.15, 0.2) is 0 Å². The minimum Gasteiger partial charge on any atom is -0.465 e. The Morgan fingerprint density at radius 3 is 2.65 bits per heavy atom. The average Bonchev–Trinajstić information content (AvgIpc) is 2.45. The van der Waals surface area contributed by atoms with Gasteiger partial charge >= 0.3 is 5.97 Å². The number of amides is 1. The number of nitrogens with zero attached hydrogens (tertiary/aromatic N) is 1. The van der Waals surface area contributed by atoms with E-state index in [4.69, 9.17) is 4.74 Å². The topological polar surface area (TPSA) is 46.6 Å². The maximum absolute atomic E-state index is 11.9. The first-order chi connectivity index (χ1) is 9.67. The van der Waals surface area contributed by atoms with Crippen molar-refractivity contribution in [3.05, 3.63) is 48.6 Å². The van der Waals surface area contributed by atoms with Gasteiger partial charge in [0.2, 0.25) is 0 Å². The van der Waals surface area contributed by atoms with Crippen LogP contribution >= 0.6 is 0 Å². The lowest BCUT2D eigenvalue weighted by atomic mass is 10.2. The lowest BCUT2D eigenvalue weighted by molar-refractivity contribution is -0.147. The third-order valence-electron chi connectivity index (χ3n) is 2.35. The van der Waals surface area contributed by atoms with E-state index in [0.29, 0.717) is 0 Å². The number of carbonyl (C=O) groups is 2. The highest BCUT2D eigenvalue weighted by Crippen LogP contribution is 1.96. The molecule has 4 nitrogen and oxygen atoms in total. The van der Waals surface area contributed by atoms with Gasteiger partial charge in [0.1, 0.15) is 6.54 Å². The zero-order valence-corrected chi connectivity index (χ0v) is 11.5. The van der Waals surface area contributed by atoms with Crippen LogP contribution in [0.5, 0.6) is 0 Å². The van der Waals surface area contributed by atoms with Crippen LogP contribution in [0.1, 0.15) is 12.5 Å². The second kappa shape index (κ2) is 8.54. The number of hydrogen-bond donors (Lipinski definition) is 0. The molecule has 0 unspecified atom stereocenters. The van der Waals surface area contributed by atoms with Crippen molar-refractivity contribution in [2.45, 2.75) is 6.92 Å². The van der Waals surface area contributed by atoms with Crippen molar-refractivity contribution in [2.75, 3.05) is 19.7 Å². The first-order valence-electron chi connectivity index (χ1n) is 6.29. The van der Waals surface area contributed by atoms with E-state index in [1.807, 2.05) is 30.3 Å². The molecule has 0 atom stereocenters. The summed E-state index contributed by atoms with van der Waals surface area (Å²) >= 11 is 0. The van der Waals surface area contributed by atoms with Crippen LogP contribution in [0.25, 0.3) is 0 Å². The molecule has 0 spiro atoms. The van der Waals surface area contributed by atoms with Crippen molar-refractivity contribution >= 4 is 11.9 Å². The van der Waals surface area contributed by atoms with Crippen LogP contribution in [0.4, 0.5) is 0 Å². The molecule has 0 aliphatic rings. The molecule has 4 heteroatoms. The Morgan fingerprint density at radius 1 is 1.35 bits per heavy atom. The zero-order valence-electron chi connectivity index (χ0n) is 11.5. The highest BCUT2D eigenvalue weighted by molar-refractivity contribution is 5.96. The molecule has 0 N–H and O–H groups in total. The van der Waals surface area contributed by atoms with Crippen LogP contribution in [0.2, 0.25) is 0 Å². The van der Waals surface area contributed by atoms with Crippen LogP contribution in [0.15, 0.2) is 43.0 Å². The molecule has 0 aliphatic carbocycles. The molecule has 0 saturated heterocycles. The zero-order chi connectivity index (χ0) is 14.8. The molecule has 0 bridgehead atoms. The Balaban J connectivity index is 2.72. The Kier molecular flexibility index (Phi) is 6.63. The molecule has 0 saturated carbocycles. The summed E-state index contributed by atoms with van der Waals surface area (Å²) in [5, 5.41) is 0. The number of rotatable bonds is 5. The molecule has 104 valence electrons. The highest BCUT2D eigenvalue weighted by Gasteiger charge is 2.14. The minimum atomic E-state index is -0.454. The van der Waals surface area contributed by atoms with Gasteiger partial charge in [0.25, 0.3) is 5.91 Å². The van der Waals surface area contributed by atoms with Gasteiger partial charge in [0, 0.05) is 18.0 Å². The average molecular weight is 271 g/mol. The molecule has 0 aliphatic heterocycles. The molecule has 1 aromatic carbocycles. The van der Waals surface area contributed by atoms with Crippen molar-refractivity contribution in [3.8, 4) is 11.8 Å². The van der Waals surface area contributed by atoms with Gasteiger partial charge in [-0.2, -0.15) is 0 Å². The van der Waals surface area contributed by atoms with Crippen molar-refractivity contribution in [3.63, 3.8) is 0 Å². The van der Waals surface area contributed by atoms with Crippen molar-refractivity contribution in [1.82, 2.24) is 4.90 Å². The van der Waals surface area contributed by atoms with Gasteiger partial charge in [-0.25, -0.2) is 0 Å². The van der Waals surface area contributed by atoms with E-state index >= 15 is 0 Å². The number of hydrogen-bond acceptors (Lipinski definition) is 3. The molecule has 1 rings (SSSR count). The SMILES string of the molecule is C=CCN(CC(=O)OCC)C(=O)C#Cc1ccccc1. The molecule has 1 aromatic rings. The monoisotopic (exact) mass is 271 g/mol. The summed E-state index contributed by atoms with van der Waals surface area (Å²) in [6.07, 6.45) is 1.54. The number of ether oxygens (including phenoxy) is 1. The maximum atomic E-state index is 11.9. The Bertz CT molecular complexity index is 526. The number of esters is 1. The summed E-state index contributed by atoms with van der Waals surface area (Å²) in [4.78, 5) is 24.6. The third kappa shape index (κ3) is 5.40. The fourth-order valence-electron chi connectivity index (χ4n) is 1.46. The minimum absolute atomic E-state index is 0.123. The lowest BCUT2D eigenvalue weighted by Crippen LogP contribution is -2.35. The normalized spacial score (nSPS) is 9.05. The second-order valence-corrected chi connectivity index (χ2v) is 3.90. The van der Waals surface area contributed by atoms with E-state index in [9.17, 15) is 9.59 Å². The van der Waals surface area contributed by atoms with E-state index in [-0.39, 0.29) is 19.7 Å². The van der Waals surface area contributed by atoms with E-state index < -0.39 is 11.9 Å². The Hall–Kier alpha value is -2.54. The first-order valence-corrected chi connectivity index (χ1v) is 6.29. The standard InChI is InChI=1S/C16H17NO3/c1-3-12-17(13-16(19)20-4-2)15(18)11-10-14-8-6-5-7-9-14/h3,5-9H,1,4,12-13H2,2H3. The van der Waals surface area contributed by atoms with Crippen molar-refractivity contribution < 1.29 is 14.3 Å². The molecule has 20 heavy (non-hydrogen) atoms. The molecule has 0 fully saturated rings. The van der Waals surface area contributed by atoms with E-state index in [1.54, 1.807) is 13.0 Å². The predicted octanol–water partition coefficient (Wildman–Crippen LogP) is 1.62. The summed E-state index contributed by atoms with van der Waals surface area (Å²) in [6.45, 7) is 5.69. The van der Waals surface area contributed by atoms with Crippen LogP contribution in [0, 0.1) is 11.8 Å². The number of benzene rings is 1. The van der Waals surface area contributed by atoms with Gasteiger partial charge in [0.05, 0.1) is 6.61 Å². The molecule has 1 amide bonds. The summed E-state index contributed by atoms with van der Waals surface area (Å²) < 4.78 is 4.82. The fourth-order valence-corrected chi connectivity index (χ4v) is 1.46. The predicted molar refractivity (Wildman–Crippen MR) is 76.7 cm³/mol. The van der Waals surface area contributed by atoms with E-state index in [1.165, 1.54) is 4.90 Å². The summed E-state index contributed by atoms with van der Waals surface area (Å²) in [5.74, 6) is 4.39. The Morgan fingerprint density at radius 2 is 2.05 bits per heavy atom. The summed E-state index contributed by atoms with van der Waals surface area (Å²) in [7, 11) is 0. The van der Waals surface area contributed by atoms with Crippen molar-refractivity contribution in [1.29, 1.82) is 0 Å². The summed E-state index contributed by atoms with van der Waals surface area (Å²) in [6, 6.07) is 9.17. The fraction of sp³-hybridized carbons (Fsp3) is 0.250. The van der Waals surface area contributed by atoms with E-state index in [0.717, 1.165) is 5.56 Å². The Labute approximate surface area is 119 Å². The van der Waals surface area contributed by atoms with Crippen LogP contribution in [-0.2, 0) is 14.3 Å².